The summed E-state index contributed by atoms with van der Waals surface area (Å²) in [4.78, 5) is 56.0. The van der Waals surface area contributed by atoms with Crippen molar-refractivity contribution in [3.63, 3.8) is 0 Å². The lowest BCUT2D eigenvalue weighted by Crippen LogP contribution is -2.51. The molecule has 34 heavy (non-hydrogen) atoms. The van der Waals surface area contributed by atoms with Crippen molar-refractivity contribution in [1.29, 1.82) is 0 Å². The monoisotopic (exact) mass is 583 g/mol. The summed E-state index contributed by atoms with van der Waals surface area (Å²) in [7, 11) is 0. The van der Waals surface area contributed by atoms with Crippen LogP contribution in [-0.2, 0) is 14.3 Å². The Kier molecular flexibility index (Phi) is 4.81. The Morgan fingerprint density at radius 1 is 0.794 bits per heavy atom. The van der Waals surface area contributed by atoms with E-state index in [-0.39, 0.29) is 11.1 Å². The van der Waals surface area contributed by atoms with E-state index in [9.17, 15) is 19.2 Å². The fraction of sp³-hybridized carbons (Fsp3) is 0.154. The number of halogens is 2. The topological polar surface area (TPSA) is 80.8 Å². The van der Waals surface area contributed by atoms with E-state index < -0.39 is 46.9 Å². The molecule has 0 N–H and O–H groups in total. The third kappa shape index (κ3) is 2.77. The number of anilines is 1. The first-order chi connectivity index (χ1) is 16.3. The third-order valence-corrected chi connectivity index (χ3v) is 7.77. The molecule has 0 bridgehead atoms. The van der Waals surface area contributed by atoms with E-state index in [4.69, 9.17) is 16.3 Å². The van der Waals surface area contributed by atoms with Crippen molar-refractivity contribution >= 4 is 63.3 Å². The molecule has 3 aromatic rings. The Bertz CT molecular complexity index is 1370. The highest BCUT2D eigenvalue weighted by Crippen LogP contribution is 2.57. The van der Waals surface area contributed by atoms with Crippen molar-refractivity contribution < 1.29 is 23.9 Å². The van der Waals surface area contributed by atoms with Gasteiger partial charge in [-0.1, -0.05) is 48.0 Å². The number of hydrogen-bond acceptors (Lipinski definition) is 5. The fourth-order valence-electron chi connectivity index (χ4n) is 5.32. The number of ether oxygens (including phenoxy) is 1. The Labute approximate surface area is 213 Å². The number of nitrogens with zero attached hydrogens (tertiary/aromatic N) is 1. The molecule has 0 unspecified atom stereocenters. The number of hydrogen-bond donors (Lipinski definition) is 0. The fourth-order valence-corrected chi connectivity index (χ4v) is 5.80. The SMILES string of the molecule is O=C1[C@@H]2[C@@H](c3ccc(Cl)cc3)OC3(C(=O)c4ccccc4C3=O)[C@H]2C(=O)N1c1ccc(I)cc1. The lowest BCUT2D eigenvalue weighted by molar-refractivity contribution is -0.127. The lowest BCUT2D eigenvalue weighted by atomic mass is 9.77. The van der Waals surface area contributed by atoms with Gasteiger partial charge in [-0.3, -0.25) is 19.2 Å². The molecular weight excluding hydrogens is 569 g/mol. The molecule has 2 amide bonds. The van der Waals surface area contributed by atoms with Crippen molar-refractivity contribution in [2.24, 2.45) is 11.8 Å². The van der Waals surface area contributed by atoms with E-state index >= 15 is 0 Å². The van der Waals surface area contributed by atoms with Crippen LogP contribution in [0.1, 0.15) is 32.4 Å². The summed E-state index contributed by atoms with van der Waals surface area (Å²) in [5.74, 6) is -4.57. The van der Waals surface area contributed by atoms with Gasteiger partial charge < -0.3 is 4.74 Å². The molecule has 6 rings (SSSR count). The minimum Gasteiger partial charge on any atom is -0.349 e. The first-order valence-electron chi connectivity index (χ1n) is 10.6. The van der Waals surface area contributed by atoms with E-state index in [2.05, 4.69) is 22.6 Å². The molecule has 0 aromatic heterocycles. The van der Waals surface area contributed by atoms with E-state index in [1.165, 1.54) is 0 Å². The largest absolute Gasteiger partial charge is 0.349 e. The quantitative estimate of drug-likeness (QED) is 0.250. The van der Waals surface area contributed by atoms with Crippen LogP contribution in [0.4, 0.5) is 5.69 Å². The predicted octanol–water partition coefficient (Wildman–Crippen LogP) is 4.64. The molecule has 6 nitrogen and oxygen atoms in total. The van der Waals surface area contributed by atoms with Crippen LogP contribution in [-0.4, -0.2) is 29.0 Å². The number of imide groups is 1. The Morgan fingerprint density at radius 3 is 1.97 bits per heavy atom. The third-order valence-electron chi connectivity index (χ3n) is 6.80. The number of Topliss-reactive ketones (excluding diaryl/α,β-unsaturated/α-hetero) is 2. The second kappa shape index (κ2) is 7.56. The highest BCUT2D eigenvalue weighted by molar-refractivity contribution is 14.1. The van der Waals surface area contributed by atoms with Crippen LogP contribution in [0, 0.1) is 15.4 Å². The van der Waals surface area contributed by atoms with E-state index in [1.807, 2.05) is 0 Å². The zero-order valence-electron chi connectivity index (χ0n) is 17.4. The summed E-state index contributed by atoms with van der Waals surface area (Å²) in [6.07, 6.45) is -0.963. The van der Waals surface area contributed by atoms with Gasteiger partial charge in [0.2, 0.25) is 29.0 Å². The van der Waals surface area contributed by atoms with E-state index in [0.717, 1.165) is 8.47 Å². The maximum atomic E-state index is 13.8. The molecule has 3 aliphatic rings. The first-order valence-corrected chi connectivity index (χ1v) is 12.1. The van der Waals surface area contributed by atoms with E-state index in [1.54, 1.807) is 72.8 Å². The molecule has 3 aromatic carbocycles. The van der Waals surface area contributed by atoms with Gasteiger partial charge in [-0.25, -0.2) is 4.90 Å². The number of ketones is 2. The standard InChI is InChI=1S/C26H15ClINO5/c27-14-7-5-13(6-8-14)21-19-20(25(33)29(24(19)32)16-11-9-15(28)10-12-16)26(34-21)22(30)17-3-1-2-4-18(17)23(26)31/h1-12,19-21H/t19-,20+,21+/m0/s1. The molecule has 2 saturated heterocycles. The summed E-state index contributed by atoms with van der Waals surface area (Å²) >= 11 is 8.18. The van der Waals surface area contributed by atoms with Gasteiger partial charge in [-0.2, -0.15) is 0 Å². The average Bonchev–Trinajstić information content (AvgIpc) is 3.40. The van der Waals surface area contributed by atoms with Crippen LogP contribution in [0.25, 0.3) is 0 Å². The summed E-state index contributed by atoms with van der Waals surface area (Å²) in [6.45, 7) is 0. The minimum absolute atomic E-state index is 0.205. The van der Waals surface area contributed by atoms with Crippen LogP contribution in [0.5, 0.6) is 0 Å². The van der Waals surface area contributed by atoms with Gasteiger partial charge >= 0.3 is 0 Å². The van der Waals surface area contributed by atoms with Gasteiger partial charge in [0.1, 0.15) is 0 Å². The van der Waals surface area contributed by atoms with Gasteiger partial charge in [0.25, 0.3) is 0 Å². The molecule has 0 saturated carbocycles. The van der Waals surface area contributed by atoms with Crippen molar-refractivity contribution in [2.45, 2.75) is 11.7 Å². The molecule has 2 aliphatic heterocycles. The Morgan fingerprint density at radius 2 is 1.38 bits per heavy atom. The lowest BCUT2D eigenvalue weighted by Gasteiger charge is -2.27. The number of fused-ring (bicyclic) bond motifs is 3. The van der Waals surface area contributed by atoms with Crippen LogP contribution in [0.15, 0.2) is 72.8 Å². The summed E-state index contributed by atoms with van der Waals surface area (Å²) in [5.41, 5.74) is -0.709. The molecule has 1 aliphatic carbocycles. The normalized spacial score (nSPS) is 24.8. The van der Waals surface area contributed by atoms with Crippen LogP contribution in [0.3, 0.4) is 0 Å². The van der Waals surface area contributed by atoms with Gasteiger partial charge in [-0.15, -0.1) is 0 Å². The summed E-state index contributed by atoms with van der Waals surface area (Å²) < 4.78 is 7.18. The Hall–Kier alpha value is -2.88. The molecule has 2 heterocycles. The van der Waals surface area contributed by atoms with Gasteiger partial charge in [0.05, 0.1) is 23.6 Å². The maximum absolute atomic E-state index is 13.8. The number of carbonyl (C=O) groups is 4. The van der Waals surface area contributed by atoms with Crippen LogP contribution in [0.2, 0.25) is 5.02 Å². The number of benzene rings is 3. The first kappa shape index (κ1) is 21.6. The molecule has 8 heteroatoms. The maximum Gasteiger partial charge on any atom is 0.241 e. The second-order valence-corrected chi connectivity index (χ2v) is 10.2. The number of rotatable bonds is 2. The highest BCUT2D eigenvalue weighted by atomic mass is 127. The molecule has 0 radical (unpaired) electrons. The predicted molar refractivity (Wildman–Crippen MR) is 132 cm³/mol. The zero-order chi connectivity index (χ0) is 23.8. The molecule has 2 fully saturated rings. The highest BCUT2D eigenvalue weighted by Gasteiger charge is 2.74. The summed E-state index contributed by atoms with van der Waals surface area (Å²) in [5, 5.41) is 0.489. The van der Waals surface area contributed by atoms with Crippen LogP contribution < -0.4 is 4.90 Å². The average molecular weight is 584 g/mol. The van der Waals surface area contributed by atoms with Gasteiger partial charge in [0, 0.05) is 19.7 Å². The van der Waals surface area contributed by atoms with Crippen LogP contribution >= 0.6 is 34.2 Å². The summed E-state index contributed by atoms with van der Waals surface area (Å²) in [6, 6.07) is 20.0. The molecule has 3 atom stereocenters. The number of carbonyl (C=O) groups excluding carboxylic acids is 4. The van der Waals surface area contributed by atoms with Gasteiger partial charge in [-0.05, 0) is 64.6 Å². The molecule has 168 valence electrons. The molecule has 1 spiro atoms. The smallest absolute Gasteiger partial charge is 0.241 e. The van der Waals surface area contributed by atoms with Gasteiger partial charge in [0.15, 0.2) is 0 Å². The van der Waals surface area contributed by atoms with Crippen molar-refractivity contribution in [2.75, 3.05) is 4.90 Å². The number of amides is 2. The molecular formula is C26H15ClINO5. The zero-order valence-corrected chi connectivity index (χ0v) is 20.3. The second-order valence-electron chi connectivity index (χ2n) is 8.52. The van der Waals surface area contributed by atoms with Crippen molar-refractivity contribution in [3.8, 4) is 0 Å². The minimum atomic E-state index is -2.08. The van der Waals surface area contributed by atoms with Crippen molar-refractivity contribution in [1.82, 2.24) is 0 Å². The van der Waals surface area contributed by atoms with E-state index in [0.29, 0.717) is 16.3 Å². The van der Waals surface area contributed by atoms with Crippen molar-refractivity contribution in [3.05, 3.63) is 98.1 Å². The Balaban J connectivity index is 1.54.